The lowest BCUT2D eigenvalue weighted by Crippen LogP contribution is -2.38. The van der Waals surface area contributed by atoms with Crippen LogP contribution in [0.4, 0.5) is 16.2 Å². The molecule has 6 N–H and O–H groups in total. The average Bonchev–Trinajstić information content (AvgIpc) is 3.10. The molecule has 6 rings (SSSR count). The lowest BCUT2D eigenvalue weighted by atomic mass is 9.81. The number of carbonyl (C=O) groups excluding carboxylic acids is 3. The lowest BCUT2D eigenvalue weighted by molar-refractivity contribution is 0.0993. The average molecular weight is 747 g/mol. The second-order valence-corrected chi connectivity index (χ2v) is 15.2. The van der Waals surface area contributed by atoms with Crippen LogP contribution in [0, 0.1) is 11.8 Å². The molecule has 2 aromatic carbocycles. The van der Waals surface area contributed by atoms with E-state index in [0.717, 1.165) is 0 Å². The maximum Gasteiger partial charge on any atom is 0.323 e. The summed E-state index contributed by atoms with van der Waals surface area (Å²) in [4.78, 5) is 46.3. The number of hydrogen-bond donors (Lipinski definition) is 6. The van der Waals surface area contributed by atoms with Gasteiger partial charge in [-0.2, -0.15) is 16.8 Å². The highest BCUT2D eigenvalue weighted by molar-refractivity contribution is 7.86. The van der Waals surface area contributed by atoms with Crippen LogP contribution in [0.5, 0.6) is 0 Å². The molecule has 4 aliphatic carbocycles. The fourth-order valence-electron chi connectivity index (χ4n) is 6.13. The monoisotopic (exact) mass is 746 g/mol. The maximum absolute atomic E-state index is 12.8. The van der Waals surface area contributed by atoms with Crippen molar-refractivity contribution in [3.63, 3.8) is 0 Å². The van der Waals surface area contributed by atoms with Crippen LogP contribution >= 0.6 is 0 Å². The number of allylic oxidation sites excluding steroid dienone is 6. The number of nitrogens with zero attached hydrogens (tertiary/aromatic N) is 2. The van der Waals surface area contributed by atoms with Gasteiger partial charge in [-0.1, -0.05) is 48.6 Å². The van der Waals surface area contributed by atoms with Gasteiger partial charge in [-0.3, -0.25) is 18.7 Å². The largest absolute Gasteiger partial charge is 0.382 e. The Hall–Kier alpha value is -5.43. The minimum atomic E-state index is -4.43. The number of urea groups is 1. The normalized spacial score (nSPS) is 26.6. The quantitative estimate of drug-likeness (QED) is 0.234. The summed E-state index contributed by atoms with van der Waals surface area (Å²) in [5.74, 6) is -3.02. The summed E-state index contributed by atoms with van der Waals surface area (Å²) in [6.45, 7) is 0. The molecule has 0 radical (unpaired) electrons. The summed E-state index contributed by atoms with van der Waals surface area (Å²) in [6, 6.07) is 10.9. The van der Waals surface area contributed by atoms with Gasteiger partial charge in [-0.15, -0.1) is 0 Å². The van der Waals surface area contributed by atoms with Crippen LogP contribution in [0.2, 0.25) is 0 Å². The number of anilines is 2. The topological polar surface area (TPSA) is 249 Å². The van der Waals surface area contributed by atoms with Crippen LogP contribution in [-0.4, -0.2) is 88.1 Å². The number of rotatable bonds is 6. The van der Waals surface area contributed by atoms with E-state index in [9.17, 15) is 50.5 Å². The van der Waals surface area contributed by atoms with Crippen LogP contribution in [-0.2, 0) is 20.2 Å². The molecule has 17 heteroatoms. The number of aliphatic imine (C=N–C) groups is 2. The van der Waals surface area contributed by atoms with Gasteiger partial charge in [0.2, 0.25) is 0 Å². The van der Waals surface area contributed by atoms with E-state index >= 15 is 0 Å². The second kappa shape index (κ2) is 14.3. The predicted molar refractivity (Wildman–Crippen MR) is 191 cm³/mol. The Morgan fingerprint density at radius 3 is 1.29 bits per heavy atom. The third-order valence-corrected chi connectivity index (χ3v) is 11.0. The Morgan fingerprint density at radius 2 is 0.942 bits per heavy atom. The number of aliphatic hydroxyl groups is 2. The van der Waals surface area contributed by atoms with Crippen molar-refractivity contribution in [3.8, 4) is 0 Å². The number of carbonyl (C=O) groups is 3. The molecule has 268 valence electrons. The highest BCUT2D eigenvalue weighted by Crippen LogP contribution is 2.34. The van der Waals surface area contributed by atoms with Crippen LogP contribution in [0.15, 0.2) is 130 Å². The number of fused-ring (bicyclic) bond motifs is 2. The first-order valence-corrected chi connectivity index (χ1v) is 18.6. The first-order chi connectivity index (χ1) is 24.6. The van der Waals surface area contributed by atoms with E-state index in [0.29, 0.717) is 11.4 Å². The first kappa shape index (κ1) is 36.4. The first-order valence-electron chi connectivity index (χ1n) is 15.6. The van der Waals surface area contributed by atoms with Crippen LogP contribution in [0.25, 0.3) is 0 Å². The highest BCUT2D eigenvalue weighted by Gasteiger charge is 2.39. The highest BCUT2D eigenvalue weighted by atomic mass is 32.2. The zero-order valence-corrected chi connectivity index (χ0v) is 28.3. The van der Waals surface area contributed by atoms with Gasteiger partial charge < -0.3 is 20.8 Å². The molecule has 0 spiro atoms. The molecule has 0 fully saturated rings. The molecular formula is C35H30N4O11S2. The molecule has 0 aliphatic heterocycles. The van der Waals surface area contributed by atoms with Crippen molar-refractivity contribution in [2.45, 2.75) is 22.7 Å². The molecule has 6 unspecified atom stereocenters. The molecule has 0 saturated heterocycles. The van der Waals surface area contributed by atoms with Crippen LogP contribution in [0.1, 0.15) is 20.7 Å². The van der Waals surface area contributed by atoms with Crippen LogP contribution in [0.3, 0.4) is 0 Å². The van der Waals surface area contributed by atoms with E-state index in [-0.39, 0.29) is 33.7 Å². The third kappa shape index (κ3) is 7.74. The van der Waals surface area contributed by atoms with Gasteiger partial charge in [0.05, 0.1) is 11.4 Å². The SMILES string of the molecule is O=C(Nc1ccc(C(=O)N=C2C=CC3C(=CC=CC3S(=O)(=O)O)C2O)cc1)Nc1ccc(C(=O)N=C2C=CC3C(=CC=CC3S(=O)(=O)O)C2O)cc1. The number of benzene rings is 2. The fraction of sp³-hybridized carbons (Fsp3) is 0.171. The van der Waals surface area contributed by atoms with Gasteiger partial charge >= 0.3 is 6.03 Å². The number of nitrogens with one attached hydrogen (secondary N) is 2. The van der Waals surface area contributed by atoms with Crippen molar-refractivity contribution < 1.29 is 50.5 Å². The Kier molecular flexibility index (Phi) is 10.00. The minimum Gasteiger partial charge on any atom is -0.382 e. The zero-order chi connectivity index (χ0) is 37.4. The standard InChI is InChI=1S/C35H30N4O11S2/c40-31-25-3-1-5-29(51(45,46)47)23(25)15-17-27(31)38-33(42)19-7-11-21(12-8-19)36-35(44)37-22-13-9-20(10-14-22)34(43)39-28-18-16-24-26(32(28)41)4-2-6-30(24)52(48,49)50/h1-18,23-24,29-32,40-41H,(H2,36,37,44)(H,45,46,47)(H,48,49,50). The molecule has 4 amide bonds. The minimum absolute atomic E-state index is 0.00798. The van der Waals surface area contributed by atoms with Crippen molar-refractivity contribution in [3.05, 3.63) is 132 Å². The van der Waals surface area contributed by atoms with E-state index in [2.05, 4.69) is 20.6 Å². The second-order valence-electron chi connectivity index (χ2n) is 12.1. The van der Waals surface area contributed by atoms with E-state index in [1.54, 1.807) is 0 Å². The Bertz CT molecular complexity index is 2140. The molecular weight excluding hydrogens is 717 g/mol. The fourth-order valence-corrected chi connectivity index (χ4v) is 7.94. The Balaban J connectivity index is 1.05. The number of amides is 4. The molecule has 6 atom stereocenters. The molecule has 0 aromatic heterocycles. The van der Waals surface area contributed by atoms with E-state index in [1.165, 1.54) is 109 Å². The van der Waals surface area contributed by atoms with Gasteiger partial charge in [0.15, 0.2) is 0 Å². The Labute approximate surface area is 297 Å². The van der Waals surface area contributed by atoms with E-state index in [4.69, 9.17) is 0 Å². The number of aliphatic hydroxyl groups excluding tert-OH is 2. The maximum atomic E-state index is 12.8. The van der Waals surface area contributed by atoms with Crippen molar-refractivity contribution in [2.24, 2.45) is 21.8 Å². The predicted octanol–water partition coefficient (Wildman–Crippen LogP) is 3.09. The number of hydrogen-bond acceptors (Lipinski definition) is 9. The molecule has 15 nitrogen and oxygen atoms in total. The zero-order valence-electron chi connectivity index (χ0n) is 26.7. The molecule has 52 heavy (non-hydrogen) atoms. The van der Waals surface area contributed by atoms with Crippen molar-refractivity contribution in [2.75, 3.05) is 10.6 Å². The Morgan fingerprint density at radius 1 is 0.577 bits per heavy atom. The smallest absolute Gasteiger partial charge is 0.323 e. The van der Waals surface area contributed by atoms with Crippen LogP contribution < -0.4 is 10.6 Å². The molecule has 2 aromatic rings. The summed E-state index contributed by atoms with van der Waals surface area (Å²) in [7, 11) is -8.86. The van der Waals surface area contributed by atoms with Gasteiger partial charge in [-0.25, -0.2) is 14.8 Å². The van der Waals surface area contributed by atoms with Crippen molar-refractivity contribution in [1.29, 1.82) is 0 Å². The summed E-state index contributed by atoms with van der Waals surface area (Å²) in [5, 5.41) is 24.2. The van der Waals surface area contributed by atoms with Gasteiger partial charge in [-0.05, 0) is 71.8 Å². The summed E-state index contributed by atoms with van der Waals surface area (Å²) in [5.41, 5.74) is 1.46. The van der Waals surface area contributed by atoms with Gasteiger partial charge in [0, 0.05) is 34.3 Å². The molecule has 0 bridgehead atoms. The molecule has 0 heterocycles. The summed E-state index contributed by atoms with van der Waals surface area (Å²) >= 11 is 0. The summed E-state index contributed by atoms with van der Waals surface area (Å²) < 4.78 is 66.0. The van der Waals surface area contributed by atoms with Gasteiger partial charge in [0.1, 0.15) is 22.7 Å². The van der Waals surface area contributed by atoms with E-state index in [1.807, 2.05) is 0 Å². The third-order valence-electron chi connectivity index (χ3n) is 8.73. The van der Waals surface area contributed by atoms with Crippen molar-refractivity contribution >= 4 is 60.9 Å². The van der Waals surface area contributed by atoms with Crippen molar-refractivity contribution in [1.82, 2.24) is 0 Å². The van der Waals surface area contributed by atoms with E-state index < -0.39 is 72.6 Å². The van der Waals surface area contributed by atoms with Gasteiger partial charge in [0.25, 0.3) is 32.1 Å². The molecule has 4 aliphatic rings. The summed E-state index contributed by atoms with van der Waals surface area (Å²) in [6.07, 6.45) is 11.3. The lowest BCUT2D eigenvalue weighted by Gasteiger charge is -2.31. The molecule has 0 saturated carbocycles.